The molecule has 1 aromatic carbocycles. The van der Waals surface area contributed by atoms with Crippen molar-refractivity contribution < 1.29 is 4.79 Å². The minimum absolute atomic E-state index is 0.0702. The smallest absolute Gasteiger partial charge is 0.251 e. The molecule has 1 aliphatic rings. The molecule has 1 saturated carbocycles. The van der Waals surface area contributed by atoms with Gasteiger partial charge in [0.15, 0.2) is 0 Å². The Balaban J connectivity index is 2.02. The number of rotatable bonds is 4. The van der Waals surface area contributed by atoms with E-state index in [-0.39, 0.29) is 11.9 Å². The Morgan fingerprint density at radius 2 is 2.10 bits per heavy atom. The molecule has 0 radical (unpaired) electrons. The molecule has 1 aliphatic carbocycles. The van der Waals surface area contributed by atoms with E-state index in [0.29, 0.717) is 23.0 Å². The molecule has 0 bridgehead atoms. The lowest BCUT2D eigenvalue weighted by Gasteiger charge is -2.30. The number of hydrogen-bond donors (Lipinski definition) is 2. The van der Waals surface area contributed by atoms with Gasteiger partial charge in [0.2, 0.25) is 0 Å². The summed E-state index contributed by atoms with van der Waals surface area (Å²) in [6, 6.07) is 5.45. The van der Waals surface area contributed by atoms with Crippen molar-refractivity contribution >= 4 is 40.1 Å². The summed E-state index contributed by atoms with van der Waals surface area (Å²) in [5, 5.41) is 3.69. The molecular weight excluding hydrogens is 387 g/mol. The van der Waals surface area contributed by atoms with Crippen LogP contribution in [-0.4, -0.2) is 18.5 Å². The summed E-state index contributed by atoms with van der Waals surface area (Å²) < 4.78 is 0.948. The molecule has 3 nitrogen and oxygen atoms in total. The third-order valence-corrected chi connectivity index (χ3v) is 5.54. The number of benzene rings is 1. The van der Waals surface area contributed by atoms with Gasteiger partial charge in [-0.1, -0.05) is 30.9 Å². The Bertz CT molecular complexity index is 475. The highest BCUT2D eigenvalue weighted by Crippen LogP contribution is 2.26. The maximum Gasteiger partial charge on any atom is 0.251 e. The highest BCUT2D eigenvalue weighted by molar-refractivity contribution is 14.1. The van der Waals surface area contributed by atoms with E-state index in [1.54, 1.807) is 12.1 Å². The second kappa shape index (κ2) is 7.61. The summed E-state index contributed by atoms with van der Waals surface area (Å²) in [4.78, 5) is 12.3. The van der Waals surface area contributed by atoms with E-state index in [1.165, 1.54) is 19.3 Å². The van der Waals surface area contributed by atoms with Crippen LogP contribution in [0.4, 0.5) is 0 Å². The molecule has 110 valence electrons. The standard InChI is InChI=1S/C15H20ClIN2O/c16-12-8-11(6-7-13(12)17)15(20)19-14(9-18)10-4-2-1-3-5-10/h6-8,10,14H,1-5,9,18H2,(H,19,20). The number of amides is 1. The molecule has 0 heterocycles. The van der Waals surface area contributed by atoms with Gasteiger partial charge in [0.25, 0.3) is 5.91 Å². The molecule has 1 amide bonds. The van der Waals surface area contributed by atoms with Crippen LogP contribution in [-0.2, 0) is 0 Å². The predicted octanol–water partition coefficient (Wildman–Crippen LogP) is 3.58. The number of nitrogens with one attached hydrogen (secondary N) is 1. The van der Waals surface area contributed by atoms with E-state index < -0.39 is 0 Å². The normalized spacial score (nSPS) is 17.8. The first kappa shape index (κ1) is 16.0. The fraction of sp³-hybridized carbons (Fsp3) is 0.533. The minimum Gasteiger partial charge on any atom is -0.348 e. The Morgan fingerprint density at radius 1 is 1.40 bits per heavy atom. The van der Waals surface area contributed by atoms with Crippen LogP contribution >= 0.6 is 34.2 Å². The van der Waals surface area contributed by atoms with E-state index >= 15 is 0 Å². The SMILES string of the molecule is NCC(NC(=O)c1ccc(I)c(Cl)c1)C1CCCCC1. The van der Waals surface area contributed by atoms with Gasteiger partial charge in [-0.25, -0.2) is 0 Å². The summed E-state index contributed by atoms with van der Waals surface area (Å²) in [5.74, 6) is 0.432. The van der Waals surface area contributed by atoms with Gasteiger partial charge in [-0.05, 0) is 59.5 Å². The van der Waals surface area contributed by atoms with E-state index in [1.807, 2.05) is 6.07 Å². The summed E-state index contributed by atoms with van der Waals surface area (Å²) in [5.41, 5.74) is 6.44. The van der Waals surface area contributed by atoms with E-state index in [0.717, 1.165) is 16.4 Å². The average Bonchev–Trinajstić information content (AvgIpc) is 2.48. The quantitative estimate of drug-likeness (QED) is 0.751. The average molecular weight is 407 g/mol. The molecule has 1 atom stereocenters. The molecule has 1 aromatic rings. The van der Waals surface area contributed by atoms with Crippen molar-refractivity contribution in [3.8, 4) is 0 Å². The van der Waals surface area contributed by atoms with Gasteiger partial charge in [0, 0.05) is 21.7 Å². The molecule has 2 rings (SSSR count). The Hall–Kier alpha value is -0.330. The first-order chi connectivity index (χ1) is 9.61. The van der Waals surface area contributed by atoms with Crippen molar-refractivity contribution in [2.75, 3.05) is 6.54 Å². The first-order valence-corrected chi connectivity index (χ1v) is 8.53. The van der Waals surface area contributed by atoms with Crippen LogP contribution in [0.15, 0.2) is 18.2 Å². The maximum atomic E-state index is 12.3. The third kappa shape index (κ3) is 4.09. The van der Waals surface area contributed by atoms with Crippen LogP contribution in [0.3, 0.4) is 0 Å². The van der Waals surface area contributed by atoms with Crippen LogP contribution < -0.4 is 11.1 Å². The number of carbonyl (C=O) groups is 1. The second-order valence-corrected chi connectivity index (χ2v) is 6.91. The maximum absolute atomic E-state index is 12.3. The monoisotopic (exact) mass is 406 g/mol. The van der Waals surface area contributed by atoms with Crippen LogP contribution in [0.2, 0.25) is 5.02 Å². The Labute approximate surface area is 138 Å². The molecule has 20 heavy (non-hydrogen) atoms. The van der Waals surface area contributed by atoms with Gasteiger partial charge in [0.05, 0.1) is 5.02 Å². The number of hydrogen-bond acceptors (Lipinski definition) is 2. The van der Waals surface area contributed by atoms with Gasteiger partial charge in [0.1, 0.15) is 0 Å². The topological polar surface area (TPSA) is 55.1 Å². The summed E-state index contributed by atoms with van der Waals surface area (Å²) in [7, 11) is 0. The lowest BCUT2D eigenvalue weighted by atomic mass is 9.84. The minimum atomic E-state index is -0.0793. The van der Waals surface area contributed by atoms with E-state index in [9.17, 15) is 4.79 Å². The number of halogens is 2. The van der Waals surface area contributed by atoms with E-state index in [4.69, 9.17) is 17.3 Å². The van der Waals surface area contributed by atoms with Crippen LogP contribution in [0.1, 0.15) is 42.5 Å². The molecule has 0 saturated heterocycles. The number of nitrogens with two attached hydrogens (primary N) is 1. The van der Waals surface area contributed by atoms with Crippen LogP contribution in [0.5, 0.6) is 0 Å². The van der Waals surface area contributed by atoms with Crippen LogP contribution in [0.25, 0.3) is 0 Å². The highest BCUT2D eigenvalue weighted by atomic mass is 127. The fourth-order valence-electron chi connectivity index (χ4n) is 2.79. The van der Waals surface area contributed by atoms with Crippen molar-refractivity contribution in [3.05, 3.63) is 32.4 Å². The number of carbonyl (C=O) groups excluding carboxylic acids is 1. The largest absolute Gasteiger partial charge is 0.348 e. The lowest BCUT2D eigenvalue weighted by molar-refractivity contribution is 0.0915. The zero-order valence-corrected chi connectivity index (χ0v) is 14.3. The molecule has 1 unspecified atom stereocenters. The van der Waals surface area contributed by atoms with Gasteiger partial charge in [-0.2, -0.15) is 0 Å². The molecule has 0 aliphatic heterocycles. The Morgan fingerprint density at radius 3 is 2.70 bits per heavy atom. The van der Waals surface area contributed by atoms with Crippen molar-refractivity contribution in [1.82, 2.24) is 5.32 Å². The van der Waals surface area contributed by atoms with Crippen molar-refractivity contribution in [1.29, 1.82) is 0 Å². The molecular formula is C15H20ClIN2O. The van der Waals surface area contributed by atoms with Crippen molar-refractivity contribution in [3.63, 3.8) is 0 Å². The summed E-state index contributed by atoms with van der Waals surface area (Å²) >= 11 is 8.21. The molecule has 0 spiro atoms. The molecule has 0 aromatic heterocycles. The van der Waals surface area contributed by atoms with Gasteiger partial charge < -0.3 is 11.1 Å². The van der Waals surface area contributed by atoms with Gasteiger partial charge in [-0.15, -0.1) is 0 Å². The molecule has 5 heteroatoms. The highest BCUT2D eigenvalue weighted by Gasteiger charge is 2.24. The van der Waals surface area contributed by atoms with E-state index in [2.05, 4.69) is 27.9 Å². The Kier molecular flexibility index (Phi) is 6.11. The van der Waals surface area contributed by atoms with Crippen LogP contribution in [0, 0.1) is 9.49 Å². The van der Waals surface area contributed by atoms with Crippen molar-refractivity contribution in [2.24, 2.45) is 11.7 Å². The zero-order valence-electron chi connectivity index (χ0n) is 11.4. The predicted molar refractivity (Wildman–Crippen MR) is 91.1 cm³/mol. The summed E-state index contributed by atoms with van der Waals surface area (Å²) in [6.45, 7) is 0.495. The van der Waals surface area contributed by atoms with Gasteiger partial charge >= 0.3 is 0 Å². The first-order valence-electron chi connectivity index (χ1n) is 7.08. The zero-order chi connectivity index (χ0) is 14.5. The third-order valence-electron chi connectivity index (χ3n) is 3.97. The molecule has 1 fully saturated rings. The van der Waals surface area contributed by atoms with Gasteiger partial charge in [-0.3, -0.25) is 4.79 Å². The van der Waals surface area contributed by atoms with Crippen molar-refractivity contribution in [2.45, 2.75) is 38.1 Å². The second-order valence-electron chi connectivity index (χ2n) is 5.34. The molecule has 3 N–H and O–H groups in total. The lowest BCUT2D eigenvalue weighted by Crippen LogP contribution is -2.45. The summed E-state index contributed by atoms with van der Waals surface area (Å²) in [6.07, 6.45) is 6.11. The fourth-order valence-corrected chi connectivity index (χ4v) is 3.31.